The van der Waals surface area contributed by atoms with Crippen LogP contribution in [0.1, 0.15) is 56.8 Å². The first-order chi connectivity index (χ1) is 10.7. The maximum atomic E-state index is 12.0. The van der Waals surface area contributed by atoms with Crippen molar-refractivity contribution in [3.8, 4) is 0 Å². The lowest BCUT2D eigenvalue weighted by Gasteiger charge is -2.22. The first-order valence-corrected chi connectivity index (χ1v) is 7.81. The molecule has 2 aromatic rings. The van der Waals surface area contributed by atoms with Crippen molar-refractivity contribution in [3.05, 3.63) is 30.4 Å². The third-order valence-corrected chi connectivity index (χ3v) is 4.10. The molecule has 1 unspecified atom stereocenters. The first-order valence-electron chi connectivity index (χ1n) is 7.81. The van der Waals surface area contributed by atoms with Gasteiger partial charge in [0, 0.05) is 18.4 Å². The number of rotatable bonds is 5. The minimum Gasteiger partial charge on any atom is -0.353 e. The van der Waals surface area contributed by atoms with Crippen LogP contribution in [0.3, 0.4) is 0 Å². The Morgan fingerprint density at radius 1 is 1.45 bits per heavy atom. The summed E-state index contributed by atoms with van der Waals surface area (Å²) in [6, 6.07) is 0.211. The van der Waals surface area contributed by atoms with E-state index in [-0.39, 0.29) is 18.4 Å². The summed E-state index contributed by atoms with van der Waals surface area (Å²) in [5.74, 6) is 0.878. The molecule has 0 bridgehead atoms. The van der Waals surface area contributed by atoms with Crippen LogP contribution in [0.4, 0.5) is 0 Å². The number of imidazole rings is 1. The number of amides is 1. The highest BCUT2D eigenvalue weighted by molar-refractivity contribution is 5.78. The Morgan fingerprint density at radius 2 is 2.27 bits per heavy atom. The molecule has 1 aliphatic rings. The van der Waals surface area contributed by atoms with Crippen LogP contribution in [-0.2, 0) is 11.2 Å². The van der Waals surface area contributed by atoms with Gasteiger partial charge in [0.1, 0.15) is 6.04 Å². The van der Waals surface area contributed by atoms with Crippen LogP contribution < -0.4 is 5.32 Å². The van der Waals surface area contributed by atoms with Crippen molar-refractivity contribution >= 4 is 5.91 Å². The molecule has 0 saturated heterocycles. The number of nitrogens with zero attached hydrogens (tertiary/aromatic N) is 4. The first kappa shape index (κ1) is 14.7. The van der Waals surface area contributed by atoms with Gasteiger partial charge in [-0.05, 0) is 19.8 Å². The molecule has 2 heterocycles. The summed E-state index contributed by atoms with van der Waals surface area (Å²) < 4.78 is 7.13. The lowest BCUT2D eigenvalue weighted by molar-refractivity contribution is -0.121. The van der Waals surface area contributed by atoms with Crippen LogP contribution in [-0.4, -0.2) is 31.6 Å². The molecule has 1 fully saturated rings. The predicted molar refractivity (Wildman–Crippen MR) is 79.1 cm³/mol. The van der Waals surface area contributed by atoms with Crippen molar-refractivity contribution < 1.29 is 9.32 Å². The molecule has 22 heavy (non-hydrogen) atoms. The Bertz CT molecular complexity index is 601. The average Bonchev–Trinajstić information content (AvgIpc) is 3.19. The molecule has 1 saturated carbocycles. The Morgan fingerprint density at radius 3 is 3.00 bits per heavy atom. The number of hydrogen-bond acceptors (Lipinski definition) is 5. The van der Waals surface area contributed by atoms with Gasteiger partial charge in [-0.3, -0.25) is 4.79 Å². The highest BCUT2D eigenvalue weighted by atomic mass is 16.5. The van der Waals surface area contributed by atoms with E-state index in [1.807, 2.05) is 17.7 Å². The van der Waals surface area contributed by atoms with E-state index < -0.39 is 0 Å². The zero-order valence-corrected chi connectivity index (χ0v) is 12.7. The molecule has 3 rings (SSSR count). The van der Waals surface area contributed by atoms with E-state index in [0.29, 0.717) is 17.8 Å². The summed E-state index contributed by atoms with van der Waals surface area (Å²) in [5.41, 5.74) is 0. The fourth-order valence-corrected chi connectivity index (χ4v) is 2.80. The van der Waals surface area contributed by atoms with Crippen LogP contribution >= 0.6 is 0 Å². The summed E-state index contributed by atoms with van der Waals surface area (Å²) in [5, 5.41) is 6.96. The second-order valence-electron chi connectivity index (χ2n) is 5.81. The highest BCUT2D eigenvalue weighted by Crippen LogP contribution is 2.18. The molecule has 1 atom stereocenters. The van der Waals surface area contributed by atoms with Gasteiger partial charge in [-0.15, -0.1) is 0 Å². The Hall–Kier alpha value is -2.18. The lowest BCUT2D eigenvalue weighted by atomic mass is 9.95. The normalized spacial score (nSPS) is 17.3. The van der Waals surface area contributed by atoms with Gasteiger partial charge < -0.3 is 14.4 Å². The summed E-state index contributed by atoms with van der Waals surface area (Å²) in [6.45, 7) is 1.95. The number of hydrogen-bond donors (Lipinski definition) is 1. The molecule has 0 aliphatic heterocycles. The fraction of sp³-hybridized carbons (Fsp3) is 0.600. The van der Waals surface area contributed by atoms with Gasteiger partial charge in [0.15, 0.2) is 5.82 Å². The molecule has 0 radical (unpaired) electrons. The van der Waals surface area contributed by atoms with Crippen LogP contribution in [0.5, 0.6) is 0 Å². The Kier molecular flexibility index (Phi) is 4.50. The summed E-state index contributed by atoms with van der Waals surface area (Å²) >= 11 is 0. The van der Waals surface area contributed by atoms with Crippen molar-refractivity contribution in [2.45, 2.75) is 57.5 Å². The molecule has 7 nitrogen and oxygen atoms in total. The number of aromatic nitrogens is 4. The van der Waals surface area contributed by atoms with E-state index in [1.54, 1.807) is 12.5 Å². The van der Waals surface area contributed by atoms with E-state index in [4.69, 9.17) is 4.52 Å². The van der Waals surface area contributed by atoms with Gasteiger partial charge in [0.2, 0.25) is 11.8 Å². The van der Waals surface area contributed by atoms with Crippen molar-refractivity contribution in [1.82, 2.24) is 25.0 Å². The van der Waals surface area contributed by atoms with E-state index >= 15 is 0 Å². The zero-order valence-electron chi connectivity index (χ0n) is 12.7. The lowest BCUT2D eigenvalue weighted by Crippen LogP contribution is -2.37. The minimum atomic E-state index is -0.0924. The van der Waals surface area contributed by atoms with Crippen LogP contribution in [0.2, 0.25) is 0 Å². The quantitative estimate of drug-likeness (QED) is 0.911. The third kappa shape index (κ3) is 3.52. The molecular formula is C15H21N5O2. The molecule has 1 N–H and O–H groups in total. The number of carbonyl (C=O) groups is 1. The zero-order chi connectivity index (χ0) is 15.4. The Balaban J connectivity index is 1.56. The predicted octanol–water partition coefficient (Wildman–Crippen LogP) is 1.87. The minimum absolute atomic E-state index is 0.0328. The topological polar surface area (TPSA) is 85.8 Å². The third-order valence-electron chi connectivity index (χ3n) is 4.10. The van der Waals surface area contributed by atoms with Gasteiger partial charge in [0.25, 0.3) is 0 Å². The van der Waals surface area contributed by atoms with Gasteiger partial charge >= 0.3 is 0 Å². The summed E-state index contributed by atoms with van der Waals surface area (Å²) in [7, 11) is 0. The van der Waals surface area contributed by atoms with Crippen molar-refractivity contribution in [2.75, 3.05) is 0 Å². The number of carbonyl (C=O) groups excluding carboxylic acids is 1. The van der Waals surface area contributed by atoms with Gasteiger partial charge in [0.05, 0.1) is 12.7 Å². The summed E-state index contributed by atoms with van der Waals surface area (Å²) in [6.07, 6.45) is 11.2. The van der Waals surface area contributed by atoms with E-state index in [9.17, 15) is 4.79 Å². The monoisotopic (exact) mass is 303 g/mol. The molecule has 1 amide bonds. The fourth-order valence-electron chi connectivity index (χ4n) is 2.80. The smallest absolute Gasteiger partial charge is 0.249 e. The van der Waals surface area contributed by atoms with Gasteiger partial charge in [-0.2, -0.15) is 4.98 Å². The summed E-state index contributed by atoms with van der Waals surface area (Å²) in [4.78, 5) is 20.4. The van der Waals surface area contributed by atoms with Crippen LogP contribution in [0.25, 0.3) is 0 Å². The van der Waals surface area contributed by atoms with E-state index in [1.165, 1.54) is 19.3 Å². The van der Waals surface area contributed by atoms with Crippen molar-refractivity contribution in [1.29, 1.82) is 0 Å². The van der Waals surface area contributed by atoms with Crippen molar-refractivity contribution in [3.63, 3.8) is 0 Å². The van der Waals surface area contributed by atoms with Gasteiger partial charge in [-0.25, -0.2) is 4.98 Å². The largest absolute Gasteiger partial charge is 0.353 e. The Labute approximate surface area is 129 Å². The second kappa shape index (κ2) is 6.72. The second-order valence-corrected chi connectivity index (χ2v) is 5.81. The highest BCUT2D eigenvalue weighted by Gasteiger charge is 2.19. The van der Waals surface area contributed by atoms with Crippen LogP contribution in [0.15, 0.2) is 23.2 Å². The molecule has 0 spiro atoms. The molecule has 1 aliphatic carbocycles. The van der Waals surface area contributed by atoms with E-state index in [0.717, 1.165) is 12.8 Å². The molecule has 118 valence electrons. The van der Waals surface area contributed by atoms with Crippen molar-refractivity contribution in [2.24, 2.45) is 0 Å². The van der Waals surface area contributed by atoms with Gasteiger partial charge in [-0.1, -0.05) is 24.4 Å². The van der Waals surface area contributed by atoms with Crippen LogP contribution in [0, 0.1) is 0 Å². The molecule has 2 aromatic heterocycles. The van der Waals surface area contributed by atoms with E-state index in [2.05, 4.69) is 20.4 Å². The average molecular weight is 303 g/mol. The SMILES string of the molecule is CC(c1nc(CC(=O)NC2CCCCC2)no1)n1ccnc1. The maximum Gasteiger partial charge on any atom is 0.249 e. The molecule has 0 aromatic carbocycles. The number of nitrogens with one attached hydrogen (secondary N) is 1. The molecule has 7 heteroatoms. The maximum absolute atomic E-state index is 12.0. The standard InChI is InChI=1S/C15H21N5O2/c1-11(20-8-7-16-10-20)15-18-13(19-22-15)9-14(21)17-12-5-3-2-4-6-12/h7-8,10-12H,2-6,9H2,1H3,(H,17,21). The molecular weight excluding hydrogens is 282 g/mol.